The highest BCUT2D eigenvalue weighted by molar-refractivity contribution is 6.02. The van der Waals surface area contributed by atoms with Crippen LogP contribution in [0.2, 0.25) is 0 Å². The second kappa shape index (κ2) is 7.10. The highest BCUT2D eigenvalue weighted by Crippen LogP contribution is 2.30. The molecule has 10 heteroatoms. The fourth-order valence-electron chi connectivity index (χ4n) is 2.31. The Morgan fingerprint density at radius 2 is 1.68 bits per heavy atom. The minimum atomic E-state index is -0.770. The number of nitrogens with zero attached hydrogens (tertiary/aromatic N) is 4. The number of rotatable bonds is 2. The van der Waals surface area contributed by atoms with Gasteiger partial charge in [-0.1, -0.05) is 0 Å². The molecule has 0 N–H and O–H groups in total. The molecule has 0 aliphatic carbocycles. The maximum Gasteiger partial charge on any atom is 0.435 e. The second-order valence-electron chi connectivity index (χ2n) is 8.21. The molecule has 28 heavy (non-hydrogen) atoms. The van der Waals surface area contributed by atoms with Gasteiger partial charge >= 0.3 is 12.2 Å². The van der Waals surface area contributed by atoms with E-state index in [1.807, 2.05) is 0 Å². The van der Waals surface area contributed by atoms with Crippen LogP contribution in [-0.2, 0) is 9.47 Å². The van der Waals surface area contributed by atoms with Crippen molar-refractivity contribution in [3.8, 4) is 0 Å². The molecule has 1 aromatic carbocycles. The first kappa shape index (κ1) is 21.1. The quantitative estimate of drug-likeness (QED) is 0.558. The van der Waals surface area contributed by atoms with Gasteiger partial charge in [-0.15, -0.1) is 5.10 Å². The summed E-state index contributed by atoms with van der Waals surface area (Å²) < 4.78 is 11.6. The number of ether oxygens (including phenoxy) is 2. The van der Waals surface area contributed by atoms with Gasteiger partial charge in [-0.25, -0.2) is 9.59 Å². The van der Waals surface area contributed by atoms with Gasteiger partial charge in [-0.3, -0.25) is 15.0 Å². The van der Waals surface area contributed by atoms with Gasteiger partial charge in [-0.05, 0) is 47.6 Å². The van der Waals surface area contributed by atoms with Crippen LogP contribution in [0.5, 0.6) is 0 Å². The van der Waals surface area contributed by atoms with Crippen LogP contribution in [0.4, 0.5) is 21.1 Å². The topological polar surface area (TPSA) is 117 Å². The normalized spacial score (nSPS) is 12.0. The zero-order valence-electron chi connectivity index (χ0n) is 17.0. The minimum Gasteiger partial charge on any atom is -0.443 e. The number of amides is 1. The Morgan fingerprint density at radius 3 is 2.18 bits per heavy atom. The van der Waals surface area contributed by atoms with Gasteiger partial charge in [0.1, 0.15) is 11.2 Å². The monoisotopic (exact) mass is 392 g/mol. The van der Waals surface area contributed by atoms with E-state index < -0.39 is 28.3 Å². The van der Waals surface area contributed by atoms with Crippen molar-refractivity contribution < 1.29 is 24.0 Å². The van der Waals surface area contributed by atoms with Crippen LogP contribution < -0.4 is 4.90 Å². The number of carbonyl (C=O) groups excluding carboxylic acids is 2. The molecule has 10 nitrogen and oxygen atoms in total. The molecule has 2 rings (SSSR count). The van der Waals surface area contributed by atoms with Crippen LogP contribution >= 0.6 is 0 Å². The first-order valence-electron chi connectivity index (χ1n) is 8.57. The first-order chi connectivity index (χ1) is 12.7. The van der Waals surface area contributed by atoms with Gasteiger partial charge < -0.3 is 9.47 Å². The predicted molar refractivity (Wildman–Crippen MR) is 103 cm³/mol. The molecule has 0 radical (unpaired) electrons. The molecule has 0 aliphatic heterocycles. The maximum absolute atomic E-state index is 12.5. The van der Waals surface area contributed by atoms with Crippen LogP contribution in [-0.4, -0.2) is 45.1 Å². The molecule has 1 amide bonds. The summed E-state index contributed by atoms with van der Waals surface area (Å²) in [6.07, 6.45) is -1.48. The average Bonchev–Trinajstić information content (AvgIpc) is 2.89. The summed E-state index contributed by atoms with van der Waals surface area (Å²) in [5.41, 5.74) is -1.45. The lowest BCUT2D eigenvalue weighted by atomic mass is 10.2. The molecule has 152 valence electrons. The van der Waals surface area contributed by atoms with E-state index in [4.69, 9.17) is 9.47 Å². The van der Waals surface area contributed by atoms with Gasteiger partial charge in [0.25, 0.3) is 5.69 Å². The number of nitro groups is 1. The summed E-state index contributed by atoms with van der Waals surface area (Å²) in [5, 5.41) is 15.6. The van der Waals surface area contributed by atoms with Crippen molar-refractivity contribution in [3.05, 3.63) is 28.3 Å². The highest BCUT2D eigenvalue weighted by Gasteiger charge is 2.28. The van der Waals surface area contributed by atoms with Gasteiger partial charge in [0.2, 0.25) is 0 Å². The predicted octanol–water partition coefficient (Wildman–Crippen LogP) is 4.10. The fourth-order valence-corrected chi connectivity index (χ4v) is 2.31. The maximum atomic E-state index is 12.5. The average molecular weight is 392 g/mol. The van der Waals surface area contributed by atoms with Crippen molar-refractivity contribution in [2.75, 3.05) is 11.9 Å². The SMILES string of the molecule is CN(C(=O)OC(C)(C)C)c1nn(C(=O)OC(C)(C)C)c2ccc([N+](=O)[O-])cc12. The summed E-state index contributed by atoms with van der Waals surface area (Å²) in [7, 11) is 1.41. The third-order valence-electron chi connectivity index (χ3n) is 3.41. The number of nitro benzene ring substituents is 1. The van der Waals surface area contributed by atoms with Crippen LogP contribution in [0, 0.1) is 10.1 Å². The Balaban J connectivity index is 2.60. The zero-order chi connectivity index (χ0) is 21.4. The van der Waals surface area contributed by atoms with E-state index in [2.05, 4.69) is 5.10 Å². The number of carbonyl (C=O) groups is 2. The molecule has 0 spiro atoms. The molecule has 0 saturated carbocycles. The Morgan fingerprint density at radius 1 is 1.11 bits per heavy atom. The molecule has 0 bridgehead atoms. The number of hydrogen-bond donors (Lipinski definition) is 0. The van der Waals surface area contributed by atoms with Crippen molar-refractivity contribution in [2.45, 2.75) is 52.7 Å². The lowest BCUT2D eigenvalue weighted by Crippen LogP contribution is -2.34. The number of benzene rings is 1. The molecule has 0 atom stereocenters. The third-order valence-corrected chi connectivity index (χ3v) is 3.41. The van der Waals surface area contributed by atoms with Gasteiger partial charge in [0, 0.05) is 19.2 Å². The Hall–Kier alpha value is -3.17. The zero-order valence-corrected chi connectivity index (χ0v) is 17.0. The third kappa shape index (κ3) is 4.76. The Bertz CT molecular complexity index is 936. The van der Waals surface area contributed by atoms with E-state index >= 15 is 0 Å². The Labute approximate surface area is 162 Å². The molecule has 1 heterocycles. The first-order valence-corrected chi connectivity index (χ1v) is 8.57. The van der Waals surface area contributed by atoms with Crippen LogP contribution in [0.25, 0.3) is 10.9 Å². The molecule has 0 unspecified atom stereocenters. The molecule has 0 fully saturated rings. The van der Waals surface area contributed by atoms with Crippen molar-refractivity contribution >= 4 is 34.6 Å². The smallest absolute Gasteiger partial charge is 0.435 e. The largest absolute Gasteiger partial charge is 0.443 e. The standard InChI is InChI=1S/C18H24N4O6/c1-17(2,3)27-15(23)20(7)14-12-10-11(22(25)26)8-9-13(12)21(19-14)16(24)28-18(4,5)6/h8-10H,1-7H3. The molecule has 0 saturated heterocycles. The summed E-state index contributed by atoms with van der Waals surface area (Å²) >= 11 is 0. The molecule has 1 aromatic heterocycles. The van der Waals surface area contributed by atoms with Crippen LogP contribution in [0.15, 0.2) is 18.2 Å². The lowest BCUT2D eigenvalue weighted by Gasteiger charge is -2.23. The molecule has 2 aromatic rings. The minimum absolute atomic E-state index is 0.0406. The van der Waals surface area contributed by atoms with Crippen molar-refractivity contribution in [2.24, 2.45) is 0 Å². The molecular weight excluding hydrogens is 368 g/mol. The van der Waals surface area contributed by atoms with E-state index in [0.29, 0.717) is 0 Å². The summed E-state index contributed by atoms with van der Waals surface area (Å²) in [6.45, 7) is 10.2. The van der Waals surface area contributed by atoms with Gasteiger partial charge in [-0.2, -0.15) is 4.68 Å². The van der Waals surface area contributed by atoms with E-state index in [-0.39, 0.29) is 22.4 Å². The summed E-state index contributed by atoms with van der Waals surface area (Å²) in [4.78, 5) is 36.7. The fraction of sp³-hybridized carbons (Fsp3) is 0.500. The summed E-state index contributed by atoms with van der Waals surface area (Å²) in [6, 6.07) is 3.89. The number of non-ortho nitro benzene ring substituents is 1. The lowest BCUT2D eigenvalue weighted by molar-refractivity contribution is -0.384. The molecular formula is C18H24N4O6. The number of anilines is 1. The van der Waals surface area contributed by atoms with E-state index in [0.717, 1.165) is 9.58 Å². The van der Waals surface area contributed by atoms with E-state index in [9.17, 15) is 19.7 Å². The number of fused-ring (bicyclic) bond motifs is 1. The summed E-state index contributed by atoms with van der Waals surface area (Å²) in [5.74, 6) is 0.0406. The van der Waals surface area contributed by atoms with Crippen LogP contribution in [0.1, 0.15) is 41.5 Å². The van der Waals surface area contributed by atoms with Crippen molar-refractivity contribution in [1.29, 1.82) is 0 Å². The highest BCUT2D eigenvalue weighted by atomic mass is 16.6. The van der Waals surface area contributed by atoms with E-state index in [1.165, 1.54) is 25.2 Å². The van der Waals surface area contributed by atoms with Crippen LogP contribution in [0.3, 0.4) is 0 Å². The number of hydrogen-bond acceptors (Lipinski definition) is 7. The van der Waals surface area contributed by atoms with Gasteiger partial charge in [0.15, 0.2) is 5.82 Å². The molecule has 0 aliphatic rings. The second-order valence-corrected chi connectivity index (χ2v) is 8.21. The number of aromatic nitrogens is 2. The van der Waals surface area contributed by atoms with E-state index in [1.54, 1.807) is 41.5 Å². The van der Waals surface area contributed by atoms with Crippen molar-refractivity contribution in [1.82, 2.24) is 9.78 Å². The van der Waals surface area contributed by atoms with Gasteiger partial charge in [0.05, 0.1) is 15.8 Å². The Kier molecular flexibility index (Phi) is 5.36. The van der Waals surface area contributed by atoms with Crippen molar-refractivity contribution in [3.63, 3.8) is 0 Å².